The van der Waals surface area contributed by atoms with E-state index in [0.717, 1.165) is 12.0 Å². The largest absolute Gasteiger partial charge is 0.370 e. The van der Waals surface area contributed by atoms with Gasteiger partial charge in [0.1, 0.15) is 6.04 Å². The number of Topliss-reactive ketones (excluding diaryl/α,β-unsaturated/α-hetero) is 1. The predicted molar refractivity (Wildman–Crippen MR) is 128 cm³/mol. The SMILES string of the molecule is NC(N)=NCCCC(NC(=O)[C@@H]1CCCN1C(=O)CCc1ccccc1)C(=O)c1nccs1. The number of thiazole rings is 1. The van der Waals surface area contributed by atoms with Crippen LogP contribution in [0.15, 0.2) is 46.9 Å². The Labute approximate surface area is 197 Å². The summed E-state index contributed by atoms with van der Waals surface area (Å²) >= 11 is 1.23. The van der Waals surface area contributed by atoms with E-state index in [1.54, 1.807) is 16.5 Å². The van der Waals surface area contributed by atoms with Crippen molar-refractivity contribution < 1.29 is 14.4 Å². The van der Waals surface area contributed by atoms with E-state index in [0.29, 0.717) is 50.2 Å². The van der Waals surface area contributed by atoms with Gasteiger partial charge in [-0.1, -0.05) is 30.3 Å². The summed E-state index contributed by atoms with van der Waals surface area (Å²) in [7, 11) is 0. The first-order valence-corrected chi connectivity index (χ1v) is 12.0. The number of benzene rings is 1. The summed E-state index contributed by atoms with van der Waals surface area (Å²) in [6.07, 6.45) is 4.74. The highest BCUT2D eigenvalue weighted by atomic mass is 32.1. The lowest BCUT2D eigenvalue weighted by Crippen LogP contribution is -2.51. The van der Waals surface area contributed by atoms with Crippen LogP contribution in [0.25, 0.3) is 0 Å². The fourth-order valence-electron chi connectivity index (χ4n) is 3.91. The molecule has 3 rings (SSSR count). The molecule has 1 aromatic carbocycles. The normalized spacial score (nSPS) is 16.2. The van der Waals surface area contributed by atoms with Crippen molar-refractivity contribution in [3.8, 4) is 0 Å². The highest BCUT2D eigenvalue weighted by molar-refractivity contribution is 7.11. The van der Waals surface area contributed by atoms with Crippen molar-refractivity contribution in [1.82, 2.24) is 15.2 Å². The molecule has 0 spiro atoms. The van der Waals surface area contributed by atoms with Crippen LogP contribution in [0.3, 0.4) is 0 Å². The first-order chi connectivity index (χ1) is 16.0. The van der Waals surface area contributed by atoms with Crippen LogP contribution in [0.5, 0.6) is 0 Å². The van der Waals surface area contributed by atoms with Crippen LogP contribution in [-0.2, 0) is 16.0 Å². The summed E-state index contributed by atoms with van der Waals surface area (Å²) in [5, 5.41) is 4.92. The van der Waals surface area contributed by atoms with Gasteiger partial charge in [0, 0.05) is 31.1 Å². The Morgan fingerprint density at radius 3 is 2.73 bits per heavy atom. The fourth-order valence-corrected chi connectivity index (χ4v) is 4.54. The minimum Gasteiger partial charge on any atom is -0.370 e. The summed E-state index contributed by atoms with van der Waals surface area (Å²) < 4.78 is 0. The zero-order valence-corrected chi connectivity index (χ0v) is 19.3. The van der Waals surface area contributed by atoms with E-state index < -0.39 is 12.1 Å². The van der Waals surface area contributed by atoms with E-state index in [1.165, 1.54) is 11.3 Å². The number of hydrogen-bond donors (Lipinski definition) is 3. The number of nitrogens with zero attached hydrogens (tertiary/aromatic N) is 3. The summed E-state index contributed by atoms with van der Waals surface area (Å²) in [6.45, 7) is 0.897. The second-order valence-corrected chi connectivity index (χ2v) is 8.84. The van der Waals surface area contributed by atoms with Gasteiger partial charge in [-0.15, -0.1) is 11.3 Å². The van der Waals surface area contributed by atoms with Crippen LogP contribution in [0.2, 0.25) is 0 Å². The molecular weight excluding hydrogens is 440 g/mol. The van der Waals surface area contributed by atoms with Crippen molar-refractivity contribution >= 4 is 34.9 Å². The smallest absolute Gasteiger partial charge is 0.243 e. The van der Waals surface area contributed by atoms with Gasteiger partial charge in [0.15, 0.2) is 11.0 Å². The Hall–Kier alpha value is -3.27. The molecule has 1 aromatic heterocycles. The molecule has 0 aliphatic carbocycles. The maximum Gasteiger partial charge on any atom is 0.243 e. The number of aryl methyl sites for hydroxylation is 1. The van der Waals surface area contributed by atoms with Crippen molar-refractivity contribution in [3.63, 3.8) is 0 Å². The molecule has 5 N–H and O–H groups in total. The van der Waals surface area contributed by atoms with Crippen LogP contribution in [-0.4, -0.2) is 58.6 Å². The molecule has 10 heteroatoms. The van der Waals surface area contributed by atoms with Crippen molar-refractivity contribution in [2.75, 3.05) is 13.1 Å². The van der Waals surface area contributed by atoms with Gasteiger partial charge in [0.05, 0.1) is 6.04 Å². The molecule has 2 aromatic rings. The lowest BCUT2D eigenvalue weighted by molar-refractivity contribution is -0.138. The first-order valence-electron chi connectivity index (χ1n) is 11.1. The minimum atomic E-state index is -0.750. The number of carbonyl (C=O) groups excluding carboxylic acids is 3. The summed E-state index contributed by atoms with van der Waals surface area (Å²) in [5.41, 5.74) is 11.8. The molecule has 2 amide bonds. The average molecular weight is 471 g/mol. The maximum absolute atomic E-state index is 13.1. The van der Waals surface area contributed by atoms with E-state index >= 15 is 0 Å². The second kappa shape index (κ2) is 12.1. The highest BCUT2D eigenvalue weighted by Crippen LogP contribution is 2.20. The summed E-state index contributed by atoms with van der Waals surface area (Å²) in [6, 6.07) is 8.47. The Balaban J connectivity index is 1.62. The molecule has 176 valence electrons. The third-order valence-electron chi connectivity index (χ3n) is 5.57. The lowest BCUT2D eigenvalue weighted by Gasteiger charge is -2.26. The molecular formula is C23H30N6O3S. The average Bonchev–Trinajstić information content (AvgIpc) is 3.52. The third kappa shape index (κ3) is 7.11. The molecule has 1 aliphatic heterocycles. The number of hydrogen-bond acceptors (Lipinski definition) is 6. The van der Waals surface area contributed by atoms with E-state index in [1.807, 2.05) is 30.3 Å². The van der Waals surface area contributed by atoms with Gasteiger partial charge < -0.3 is 21.7 Å². The number of ketones is 1. The van der Waals surface area contributed by atoms with Crippen molar-refractivity contribution in [2.24, 2.45) is 16.5 Å². The molecule has 33 heavy (non-hydrogen) atoms. The molecule has 0 saturated carbocycles. The van der Waals surface area contributed by atoms with Crippen LogP contribution in [0.1, 0.15) is 47.5 Å². The molecule has 1 aliphatic rings. The van der Waals surface area contributed by atoms with Gasteiger partial charge >= 0.3 is 0 Å². The van der Waals surface area contributed by atoms with Crippen molar-refractivity contribution in [3.05, 3.63) is 52.5 Å². The van der Waals surface area contributed by atoms with Gasteiger partial charge in [-0.05, 0) is 37.7 Å². The Morgan fingerprint density at radius 2 is 2.03 bits per heavy atom. The van der Waals surface area contributed by atoms with Gasteiger partial charge in [-0.25, -0.2) is 4.98 Å². The molecule has 2 atom stereocenters. The van der Waals surface area contributed by atoms with E-state index in [-0.39, 0.29) is 23.6 Å². The number of nitrogens with two attached hydrogens (primary N) is 2. The van der Waals surface area contributed by atoms with Crippen LogP contribution >= 0.6 is 11.3 Å². The zero-order valence-electron chi connectivity index (χ0n) is 18.5. The van der Waals surface area contributed by atoms with Gasteiger partial charge in [-0.3, -0.25) is 19.4 Å². The van der Waals surface area contributed by atoms with Gasteiger partial charge in [0.25, 0.3) is 0 Å². The standard InChI is InChI=1S/C23H30N6O3S/c24-23(25)27-12-4-8-17(20(31)22-26-13-15-33-22)28-21(32)18-9-5-14-29(18)19(30)11-10-16-6-2-1-3-7-16/h1-3,6-7,13,15,17-18H,4-5,8-12,14H2,(H,28,32)(H4,24,25,27)/t17?,18-/m0/s1. The topological polar surface area (TPSA) is 144 Å². The molecule has 1 fully saturated rings. The number of likely N-dealkylation sites (tertiary alicyclic amines) is 1. The lowest BCUT2D eigenvalue weighted by atomic mass is 10.1. The second-order valence-electron chi connectivity index (χ2n) is 7.94. The van der Waals surface area contributed by atoms with Crippen molar-refractivity contribution in [2.45, 2.75) is 50.6 Å². The molecule has 2 heterocycles. The molecule has 1 saturated heterocycles. The van der Waals surface area contributed by atoms with Crippen molar-refractivity contribution in [1.29, 1.82) is 0 Å². The Kier molecular flexibility index (Phi) is 8.94. The first kappa shape index (κ1) is 24.4. The predicted octanol–water partition coefficient (Wildman–Crippen LogP) is 1.49. The monoisotopic (exact) mass is 470 g/mol. The Bertz CT molecular complexity index is 960. The van der Waals surface area contributed by atoms with E-state index in [4.69, 9.17) is 11.5 Å². The third-order valence-corrected chi connectivity index (χ3v) is 6.36. The number of nitrogens with one attached hydrogen (secondary N) is 1. The van der Waals surface area contributed by atoms with E-state index in [9.17, 15) is 14.4 Å². The number of amides is 2. The highest BCUT2D eigenvalue weighted by Gasteiger charge is 2.35. The van der Waals surface area contributed by atoms with Crippen LogP contribution in [0.4, 0.5) is 0 Å². The number of aliphatic imine (C=N–C) groups is 1. The quantitative estimate of drug-likeness (QED) is 0.196. The fraction of sp³-hybridized carbons (Fsp3) is 0.435. The van der Waals surface area contributed by atoms with Crippen LogP contribution < -0.4 is 16.8 Å². The molecule has 1 unspecified atom stereocenters. The molecule has 9 nitrogen and oxygen atoms in total. The molecule has 0 radical (unpaired) electrons. The van der Waals surface area contributed by atoms with E-state index in [2.05, 4.69) is 15.3 Å². The van der Waals surface area contributed by atoms with Crippen LogP contribution in [0, 0.1) is 0 Å². The number of rotatable bonds is 11. The number of carbonyl (C=O) groups is 3. The zero-order chi connectivity index (χ0) is 23.6. The van der Waals surface area contributed by atoms with Gasteiger partial charge in [0.2, 0.25) is 17.6 Å². The minimum absolute atomic E-state index is 0.0163. The van der Waals surface area contributed by atoms with Gasteiger partial charge in [-0.2, -0.15) is 0 Å². The maximum atomic E-state index is 13.1. The summed E-state index contributed by atoms with van der Waals surface area (Å²) in [4.78, 5) is 48.6. The molecule has 0 bridgehead atoms. The Morgan fingerprint density at radius 1 is 1.24 bits per heavy atom. The summed E-state index contributed by atoms with van der Waals surface area (Å²) in [5.74, 6) is -0.621. The number of guanidine groups is 1. The number of aromatic nitrogens is 1.